The Bertz CT molecular complexity index is 630. The number of nitrogens with one attached hydrogen (secondary N) is 1. The number of rotatable bonds is 5. The summed E-state index contributed by atoms with van der Waals surface area (Å²) in [7, 11) is -3.62. The fourth-order valence-corrected chi connectivity index (χ4v) is 3.12. The second kappa shape index (κ2) is 5.79. The highest BCUT2D eigenvalue weighted by atomic mass is 35.5. The van der Waals surface area contributed by atoms with E-state index in [1.54, 1.807) is 0 Å². The lowest BCUT2D eigenvalue weighted by atomic mass is 10.3. The molecule has 1 aromatic carbocycles. The maximum absolute atomic E-state index is 11.9. The minimum Gasteiger partial charge on any atom is -0.352 e. The number of benzene rings is 1. The summed E-state index contributed by atoms with van der Waals surface area (Å²) in [6, 6.07) is 4.62. The van der Waals surface area contributed by atoms with Crippen LogP contribution in [0.2, 0.25) is 10.0 Å². The van der Waals surface area contributed by atoms with Gasteiger partial charge in [0.15, 0.2) is 0 Å². The first-order valence-corrected chi connectivity index (χ1v) is 8.60. The summed E-state index contributed by atoms with van der Waals surface area (Å²) in [4.78, 5) is 11.8. The molecule has 2 rings (SSSR count). The van der Waals surface area contributed by atoms with Crippen LogP contribution in [0, 0.1) is 0 Å². The molecule has 1 saturated carbocycles. The quantitative estimate of drug-likeness (QED) is 0.894. The summed E-state index contributed by atoms with van der Waals surface area (Å²) < 4.78 is 24.7. The highest BCUT2D eigenvalue weighted by Crippen LogP contribution is 2.30. The predicted molar refractivity (Wildman–Crippen MR) is 79.8 cm³/mol. The maximum atomic E-state index is 11.9. The summed E-state index contributed by atoms with van der Waals surface area (Å²) >= 11 is 11.8. The first-order valence-electron chi connectivity index (χ1n) is 5.99. The fourth-order valence-electron chi connectivity index (χ4n) is 1.70. The van der Waals surface area contributed by atoms with E-state index in [9.17, 15) is 13.2 Å². The molecule has 0 radical (unpaired) electrons. The molecule has 1 amide bonds. The van der Waals surface area contributed by atoms with Crippen molar-refractivity contribution >= 4 is 44.8 Å². The zero-order chi connectivity index (χ0) is 14.9. The second-order valence-electron chi connectivity index (χ2n) is 4.71. The van der Waals surface area contributed by atoms with Gasteiger partial charge >= 0.3 is 0 Å². The smallest absolute Gasteiger partial charge is 0.240 e. The van der Waals surface area contributed by atoms with Crippen LogP contribution in [0.15, 0.2) is 18.2 Å². The summed E-state index contributed by atoms with van der Waals surface area (Å²) in [5, 5.41) is 3.32. The Labute approximate surface area is 127 Å². The van der Waals surface area contributed by atoms with Gasteiger partial charge in [0.1, 0.15) is 6.54 Å². The largest absolute Gasteiger partial charge is 0.352 e. The average Bonchev–Trinajstić information content (AvgIpc) is 3.09. The van der Waals surface area contributed by atoms with Gasteiger partial charge in [-0.25, -0.2) is 8.42 Å². The van der Waals surface area contributed by atoms with Gasteiger partial charge in [-0.2, -0.15) is 0 Å². The standard InChI is InChI=1S/C12H14Cl2N2O3S/c1-20(18,19)16(7-12(17)15-9-3-4-9)11-5-2-8(13)6-10(11)14/h2,5-6,9H,3-4,7H2,1H3,(H,15,17). The minimum atomic E-state index is -3.62. The Morgan fingerprint density at radius 1 is 1.40 bits per heavy atom. The van der Waals surface area contributed by atoms with Crippen LogP contribution in [0.5, 0.6) is 0 Å². The molecule has 0 spiro atoms. The van der Waals surface area contributed by atoms with Crippen molar-refractivity contribution in [2.24, 2.45) is 0 Å². The first-order chi connectivity index (χ1) is 9.27. The third kappa shape index (κ3) is 4.01. The SMILES string of the molecule is CS(=O)(=O)N(CC(=O)NC1CC1)c1ccc(Cl)cc1Cl. The van der Waals surface area contributed by atoms with Crippen molar-refractivity contribution in [3.8, 4) is 0 Å². The van der Waals surface area contributed by atoms with Crippen molar-refractivity contribution in [3.63, 3.8) is 0 Å². The number of nitrogens with zero attached hydrogens (tertiary/aromatic N) is 1. The minimum absolute atomic E-state index is 0.171. The lowest BCUT2D eigenvalue weighted by Gasteiger charge is -2.23. The molecule has 0 unspecified atom stereocenters. The van der Waals surface area contributed by atoms with E-state index >= 15 is 0 Å². The molecule has 0 atom stereocenters. The monoisotopic (exact) mass is 336 g/mol. The number of hydrogen-bond donors (Lipinski definition) is 1. The Hall–Kier alpha value is -0.980. The molecule has 0 bridgehead atoms. The van der Waals surface area contributed by atoms with E-state index in [1.165, 1.54) is 18.2 Å². The molecular formula is C12H14Cl2N2O3S. The van der Waals surface area contributed by atoms with Crippen molar-refractivity contribution in [1.29, 1.82) is 0 Å². The number of carbonyl (C=O) groups is 1. The molecule has 110 valence electrons. The van der Waals surface area contributed by atoms with Gasteiger partial charge in [-0.1, -0.05) is 23.2 Å². The van der Waals surface area contributed by atoms with Gasteiger partial charge in [-0.05, 0) is 31.0 Å². The number of amides is 1. The lowest BCUT2D eigenvalue weighted by Crippen LogP contribution is -2.41. The number of halogens is 2. The van der Waals surface area contributed by atoms with Crippen molar-refractivity contribution < 1.29 is 13.2 Å². The first kappa shape index (κ1) is 15.4. The summed E-state index contributed by atoms with van der Waals surface area (Å²) in [5.74, 6) is -0.344. The molecular weight excluding hydrogens is 323 g/mol. The zero-order valence-corrected chi connectivity index (χ0v) is 13.1. The van der Waals surface area contributed by atoms with E-state index in [2.05, 4.69) is 5.32 Å². The maximum Gasteiger partial charge on any atom is 0.240 e. The van der Waals surface area contributed by atoms with E-state index < -0.39 is 10.0 Å². The van der Waals surface area contributed by atoms with Gasteiger partial charge in [-0.15, -0.1) is 0 Å². The summed E-state index contributed by atoms with van der Waals surface area (Å²) in [6.45, 7) is -0.295. The molecule has 1 aliphatic carbocycles. The van der Waals surface area contributed by atoms with Gasteiger partial charge < -0.3 is 5.32 Å². The third-order valence-electron chi connectivity index (χ3n) is 2.81. The van der Waals surface area contributed by atoms with Crippen molar-refractivity contribution in [2.75, 3.05) is 17.1 Å². The molecule has 1 aromatic rings. The van der Waals surface area contributed by atoms with Crippen LogP contribution in [0.4, 0.5) is 5.69 Å². The fraction of sp³-hybridized carbons (Fsp3) is 0.417. The van der Waals surface area contributed by atoms with E-state index in [4.69, 9.17) is 23.2 Å². The Balaban J connectivity index is 2.25. The van der Waals surface area contributed by atoms with Crippen LogP contribution in [-0.2, 0) is 14.8 Å². The molecule has 1 aliphatic rings. The van der Waals surface area contributed by atoms with Gasteiger partial charge in [-0.3, -0.25) is 9.10 Å². The van der Waals surface area contributed by atoms with Gasteiger partial charge in [0.05, 0.1) is 17.0 Å². The Morgan fingerprint density at radius 2 is 2.05 bits per heavy atom. The number of hydrogen-bond acceptors (Lipinski definition) is 3. The van der Waals surface area contributed by atoms with E-state index in [0.29, 0.717) is 5.02 Å². The number of sulfonamides is 1. The molecule has 5 nitrogen and oxygen atoms in total. The van der Waals surface area contributed by atoms with Crippen LogP contribution < -0.4 is 9.62 Å². The van der Waals surface area contributed by atoms with Gasteiger partial charge in [0.2, 0.25) is 15.9 Å². The van der Waals surface area contributed by atoms with Gasteiger partial charge in [0.25, 0.3) is 0 Å². The molecule has 0 saturated heterocycles. The Morgan fingerprint density at radius 3 is 2.55 bits per heavy atom. The van der Waals surface area contributed by atoms with Crippen molar-refractivity contribution in [2.45, 2.75) is 18.9 Å². The normalized spacial score (nSPS) is 14.9. The van der Waals surface area contributed by atoms with Crippen molar-refractivity contribution in [3.05, 3.63) is 28.2 Å². The van der Waals surface area contributed by atoms with E-state index in [1.807, 2.05) is 0 Å². The topological polar surface area (TPSA) is 66.5 Å². The van der Waals surface area contributed by atoms with E-state index in [-0.39, 0.29) is 29.2 Å². The Kier molecular flexibility index (Phi) is 4.46. The highest BCUT2D eigenvalue weighted by molar-refractivity contribution is 7.92. The third-order valence-corrected chi connectivity index (χ3v) is 4.47. The van der Waals surface area contributed by atoms with Crippen LogP contribution in [0.25, 0.3) is 0 Å². The van der Waals surface area contributed by atoms with Crippen LogP contribution in [-0.4, -0.2) is 33.2 Å². The number of anilines is 1. The summed E-state index contributed by atoms with van der Waals surface area (Å²) in [6.07, 6.45) is 2.90. The van der Waals surface area contributed by atoms with E-state index in [0.717, 1.165) is 23.4 Å². The molecule has 1 fully saturated rings. The van der Waals surface area contributed by atoms with Gasteiger partial charge in [0, 0.05) is 11.1 Å². The molecule has 0 heterocycles. The number of carbonyl (C=O) groups excluding carboxylic acids is 1. The molecule has 8 heteroatoms. The highest BCUT2D eigenvalue weighted by Gasteiger charge is 2.27. The van der Waals surface area contributed by atoms with Crippen molar-refractivity contribution in [1.82, 2.24) is 5.32 Å². The predicted octanol–water partition coefficient (Wildman–Crippen LogP) is 2.04. The molecule has 0 aliphatic heterocycles. The second-order valence-corrected chi connectivity index (χ2v) is 7.46. The van der Waals surface area contributed by atoms with Crippen LogP contribution >= 0.6 is 23.2 Å². The molecule has 1 N–H and O–H groups in total. The van der Waals surface area contributed by atoms with Crippen LogP contribution in [0.1, 0.15) is 12.8 Å². The molecule has 20 heavy (non-hydrogen) atoms. The zero-order valence-electron chi connectivity index (χ0n) is 10.8. The lowest BCUT2D eigenvalue weighted by molar-refractivity contribution is -0.119. The molecule has 0 aromatic heterocycles. The average molecular weight is 337 g/mol. The van der Waals surface area contributed by atoms with Crippen LogP contribution in [0.3, 0.4) is 0 Å². The summed E-state index contributed by atoms with van der Waals surface area (Å²) in [5.41, 5.74) is 0.240.